The summed E-state index contributed by atoms with van der Waals surface area (Å²) in [5, 5.41) is 0.967. The van der Waals surface area contributed by atoms with E-state index < -0.39 is 0 Å². The van der Waals surface area contributed by atoms with Crippen LogP contribution in [0.5, 0.6) is 0 Å². The number of nitrogens with zero attached hydrogens (tertiary/aromatic N) is 1. The van der Waals surface area contributed by atoms with Gasteiger partial charge in [-0.05, 0) is 51.8 Å². The second-order valence-corrected chi connectivity index (χ2v) is 5.57. The molecular weight excluding hydrogens is 333 g/mol. The molecule has 0 saturated heterocycles. The average molecular weight is 344 g/mol. The lowest BCUT2D eigenvalue weighted by Gasteiger charge is -2.06. The van der Waals surface area contributed by atoms with Crippen LogP contribution >= 0.6 is 15.9 Å². The Bertz CT molecular complexity index is 827. The summed E-state index contributed by atoms with van der Waals surface area (Å²) < 4.78 is 13.5. The molecule has 0 N–H and O–H groups in total. The third-order valence-corrected chi connectivity index (χ3v) is 3.94. The number of hydrogen-bond acceptors (Lipinski definition) is 2. The van der Waals surface area contributed by atoms with Crippen LogP contribution in [0.15, 0.2) is 59.2 Å². The summed E-state index contributed by atoms with van der Waals surface area (Å²) >= 11 is 3.10. The van der Waals surface area contributed by atoms with Gasteiger partial charge in [-0.3, -0.25) is 9.78 Å². The van der Waals surface area contributed by atoms with Gasteiger partial charge in [-0.15, -0.1) is 0 Å². The molecule has 0 amide bonds. The van der Waals surface area contributed by atoms with Crippen molar-refractivity contribution in [3.8, 4) is 0 Å². The van der Waals surface area contributed by atoms with Crippen molar-refractivity contribution in [3.05, 3.63) is 76.1 Å². The summed E-state index contributed by atoms with van der Waals surface area (Å²) in [5.41, 5.74) is 2.28. The zero-order valence-corrected chi connectivity index (χ0v) is 12.6. The highest BCUT2D eigenvalue weighted by Gasteiger charge is 2.11. The molecule has 0 saturated carbocycles. The highest BCUT2D eigenvalue weighted by atomic mass is 79.9. The maximum absolute atomic E-state index is 13.2. The Morgan fingerprint density at radius 2 is 1.95 bits per heavy atom. The fourth-order valence-electron chi connectivity index (χ4n) is 2.25. The lowest BCUT2D eigenvalue weighted by molar-refractivity contribution is 0.0993. The molecule has 0 aliphatic heterocycles. The number of ketones is 1. The van der Waals surface area contributed by atoms with Crippen LogP contribution in [0.25, 0.3) is 10.9 Å². The van der Waals surface area contributed by atoms with Gasteiger partial charge in [-0.1, -0.05) is 18.2 Å². The monoisotopic (exact) mass is 343 g/mol. The Labute approximate surface area is 129 Å². The summed E-state index contributed by atoms with van der Waals surface area (Å²) in [7, 11) is 0. The van der Waals surface area contributed by atoms with E-state index in [1.54, 1.807) is 6.20 Å². The number of carbonyl (C=O) groups is 1. The van der Waals surface area contributed by atoms with Gasteiger partial charge in [0.1, 0.15) is 5.82 Å². The molecule has 0 bridgehead atoms. The van der Waals surface area contributed by atoms with Gasteiger partial charge in [0, 0.05) is 23.6 Å². The topological polar surface area (TPSA) is 30.0 Å². The van der Waals surface area contributed by atoms with Crippen LogP contribution in [0.4, 0.5) is 4.39 Å². The Kier molecular flexibility index (Phi) is 3.80. The predicted molar refractivity (Wildman–Crippen MR) is 83.9 cm³/mol. The van der Waals surface area contributed by atoms with Crippen molar-refractivity contribution in [2.24, 2.45) is 0 Å². The van der Waals surface area contributed by atoms with Crippen molar-refractivity contribution in [1.29, 1.82) is 0 Å². The molecule has 3 rings (SSSR count). The first-order chi connectivity index (χ1) is 10.1. The highest BCUT2D eigenvalue weighted by molar-refractivity contribution is 9.10. The molecule has 0 radical (unpaired) electrons. The van der Waals surface area contributed by atoms with Gasteiger partial charge < -0.3 is 0 Å². The standard InChI is InChI=1S/C17H11BrFNO/c18-14-9-12(5-6-15(14)19)17(21)10-11-7-8-20-16-4-2-1-3-13(11)16/h1-9H,10H2. The summed E-state index contributed by atoms with van der Waals surface area (Å²) in [6.07, 6.45) is 1.96. The molecule has 1 aromatic heterocycles. The molecule has 2 nitrogen and oxygen atoms in total. The lowest BCUT2D eigenvalue weighted by Crippen LogP contribution is -2.04. The van der Waals surface area contributed by atoms with E-state index in [0.29, 0.717) is 10.0 Å². The van der Waals surface area contributed by atoms with E-state index in [4.69, 9.17) is 0 Å². The summed E-state index contributed by atoms with van der Waals surface area (Å²) in [6.45, 7) is 0. The number of carbonyl (C=O) groups excluding carboxylic acids is 1. The van der Waals surface area contributed by atoms with Crippen molar-refractivity contribution < 1.29 is 9.18 Å². The Morgan fingerprint density at radius 3 is 2.76 bits per heavy atom. The van der Waals surface area contributed by atoms with Crippen LogP contribution < -0.4 is 0 Å². The number of pyridine rings is 1. The van der Waals surface area contributed by atoms with Gasteiger partial charge in [0.05, 0.1) is 9.99 Å². The second-order valence-electron chi connectivity index (χ2n) is 4.72. The van der Waals surface area contributed by atoms with Crippen LogP contribution in [-0.2, 0) is 6.42 Å². The zero-order valence-electron chi connectivity index (χ0n) is 11.0. The van der Waals surface area contributed by atoms with Gasteiger partial charge >= 0.3 is 0 Å². The molecule has 1 heterocycles. The minimum atomic E-state index is -0.374. The van der Waals surface area contributed by atoms with Crippen molar-refractivity contribution in [2.45, 2.75) is 6.42 Å². The van der Waals surface area contributed by atoms with Crippen LogP contribution in [0, 0.1) is 5.82 Å². The number of benzene rings is 2. The quantitative estimate of drug-likeness (QED) is 0.652. The molecule has 0 unspecified atom stereocenters. The Hall–Kier alpha value is -2.07. The van der Waals surface area contributed by atoms with E-state index in [0.717, 1.165) is 16.5 Å². The SMILES string of the molecule is O=C(Cc1ccnc2ccccc12)c1ccc(F)c(Br)c1. The van der Waals surface area contributed by atoms with Crippen molar-refractivity contribution >= 4 is 32.6 Å². The molecule has 0 aliphatic carbocycles. The summed E-state index contributed by atoms with van der Waals surface area (Å²) in [5.74, 6) is -0.423. The van der Waals surface area contributed by atoms with Gasteiger partial charge in [-0.25, -0.2) is 4.39 Å². The van der Waals surface area contributed by atoms with Gasteiger partial charge in [0.2, 0.25) is 0 Å². The van der Waals surface area contributed by atoms with Crippen LogP contribution in [0.3, 0.4) is 0 Å². The van der Waals surface area contributed by atoms with E-state index >= 15 is 0 Å². The molecular formula is C17H11BrFNO. The third kappa shape index (κ3) is 2.85. The molecule has 0 aliphatic rings. The number of hydrogen-bond donors (Lipinski definition) is 0. The number of fused-ring (bicyclic) bond motifs is 1. The fraction of sp³-hybridized carbons (Fsp3) is 0.0588. The third-order valence-electron chi connectivity index (χ3n) is 3.33. The molecule has 104 valence electrons. The van der Waals surface area contributed by atoms with E-state index in [2.05, 4.69) is 20.9 Å². The van der Waals surface area contributed by atoms with Gasteiger partial charge in [0.25, 0.3) is 0 Å². The maximum atomic E-state index is 13.2. The number of halogens is 2. The van der Waals surface area contributed by atoms with Gasteiger partial charge in [0.15, 0.2) is 5.78 Å². The maximum Gasteiger partial charge on any atom is 0.167 e. The number of para-hydroxylation sites is 1. The van der Waals surface area contributed by atoms with Crippen LogP contribution in [-0.4, -0.2) is 10.8 Å². The molecule has 2 aromatic carbocycles. The van der Waals surface area contributed by atoms with E-state index in [9.17, 15) is 9.18 Å². The van der Waals surface area contributed by atoms with Crippen molar-refractivity contribution in [3.63, 3.8) is 0 Å². The number of Topliss-reactive ketones (excluding diaryl/α,β-unsaturated/α-hetero) is 1. The van der Waals surface area contributed by atoms with E-state index in [1.807, 2.05) is 30.3 Å². The first-order valence-corrected chi connectivity index (χ1v) is 7.25. The lowest BCUT2D eigenvalue weighted by atomic mass is 10.0. The zero-order chi connectivity index (χ0) is 14.8. The van der Waals surface area contributed by atoms with Crippen LogP contribution in [0.2, 0.25) is 0 Å². The first-order valence-electron chi connectivity index (χ1n) is 6.46. The second kappa shape index (κ2) is 5.74. The molecule has 0 fully saturated rings. The molecule has 0 atom stereocenters. The molecule has 4 heteroatoms. The van der Waals surface area contributed by atoms with Crippen molar-refractivity contribution in [2.75, 3.05) is 0 Å². The summed E-state index contributed by atoms with van der Waals surface area (Å²) in [4.78, 5) is 16.6. The fourth-order valence-corrected chi connectivity index (χ4v) is 2.63. The van der Waals surface area contributed by atoms with E-state index in [-0.39, 0.29) is 18.0 Å². The number of rotatable bonds is 3. The normalized spacial score (nSPS) is 10.8. The van der Waals surface area contributed by atoms with E-state index in [1.165, 1.54) is 18.2 Å². The minimum absolute atomic E-state index is 0.0490. The predicted octanol–water partition coefficient (Wildman–Crippen LogP) is 4.56. The van der Waals surface area contributed by atoms with Gasteiger partial charge in [-0.2, -0.15) is 0 Å². The van der Waals surface area contributed by atoms with Crippen LogP contribution in [0.1, 0.15) is 15.9 Å². The van der Waals surface area contributed by atoms with Crippen molar-refractivity contribution in [1.82, 2.24) is 4.98 Å². The number of aromatic nitrogens is 1. The molecule has 0 spiro atoms. The highest BCUT2D eigenvalue weighted by Crippen LogP contribution is 2.21. The minimum Gasteiger partial charge on any atom is -0.294 e. The largest absolute Gasteiger partial charge is 0.294 e. The average Bonchev–Trinajstić information content (AvgIpc) is 2.50. The smallest absolute Gasteiger partial charge is 0.167 e. The Balaban J connectivity index is 1.94. The molecule has 3 aromatic rings. The summed E-state index contributed by atoms with van der Waals surface area (Å²) in [6, 6.07) is 13.9. The molecule has 21 heavy (non-hydrogen) atoms. The first kappa shape index (κ1) is 13.9. The Morgan fingerprint density at radius 1 is 1.14 bits per heavy atom.